The van der Waals surface area contributed by atoms with E-state index in [1.807, 2.05) is 31.2 Å². The number of likely N-dealkylation sites (tertiary alicyclic amines) is 1. The molecule has 0 bridgehead atoms. The van der Waals surface area contributed by atoms with Crippen LogP contribution in [0.5, 0.6) is 0 Å². The second-order valence-electron chi connectivity index (χ2n) is 6.93. The molecule has 4 nitrogen and oxygen atoms in total. The van der Waals surface area contributed by atoms with Gasteiger partial charge in [0.25, 0.3) is 0 Å². The highest BCUT2D eigenvalue weighted by Gasteiger charge is 2.38. The van der Waals surface area contributed by atoms with Gasteiger partial charge < -0.3 is 5.11 Å². The van der Waals surface area contributed by atoms with E-state index in [1.54, 1.807) is 0 Å². The molecule has 0 aliphatic carbocycles. The number of hydrogen-bond acceptors (Lipinski definition) is 4. The zero-order chi connectivity index (χ0) is 15.8. The fourth-order valence-electron chi connectivity index (χ4n) is 3.84. The van der Waals surface area contributed by atoms with Crippen LogP contribution in [0.2, 0.25) is 0 Å². The normalized spacial score (nSPS) is 31.6. The fourth-order valence-corrected chi connectivity index (χ4v) is 5.75. The number of rotatable bonds is 4. The van der Waals surface area contributed by atoms with E-state index in [2.05, 4.69) is 4.90 Å². The number of β-amino-alcohol motifs (C(OH)–C–C–N with tert-alkyl or cyclic N) is 1. The minimum Gasteiger partial charge on any atom is -0.384 e. The Bertz CT molecular complexity index is 643. The van der Waals surface area contributed by atoms with Gasteiger partial charge in [-0.1, -0.05) is 24.3 Å². The first-order valence-corrected chi connectivity index (χ1v) is 9.91. The molecule has 2 atom stereocenters. The molecule has 0 unspecified atom stereocenters. The maximum atomic E-state index is 11.5. The van der Waals surface area contributed by atoms with Crippen molar-refractivity contribution in [2.24, 2.45) is 5.92 Å². The number of aryl methyl sites for hydroxylation is 1. The molecule has 2 saturated heterocycles. The van der Waals surface area contributed by atoms with Crippen LogP contribution in [-0.2, 0) is 15.4 Å². The summed E-state index contributed by atoms with van der Waals surface area (Å²) < 4.78 is 23.0. The lowest BCUT2D eigenvalue weighted by Crippen LogP contribution is -2.32. The molecular formula is C17H25NO3S. The molecule has 0 spiro atoms. The summed E-state index contributed by atoms with van der Waals surface area (Å²) in [6.45, 7) is 4.45. The van der Waals surface area contributed by atoms with Crippen LogP contribution in [0.3, 0.4) is 0 Å². The van der Waals surface area contributed by atoms with Gasteiger partial charge >= 0.3 is 0 Å². The molecule has 2 aliphatic heterocycles. The third kappa shape index (κ3) is 3.36. The molecular weight excluding hydrogens is 298 g/mol. The third-order valence-corrected chi connectivity index (χ3v) is 6.99. The number of nitrogens with zero attached hydrogens (tertiary/aromatic N) is 1. The Balaban J connectivity index is 1.57. The Hall–Kier alpha value is -0.910. The Morgan fingerprint density at radius 2 is 2.14 bits per heavy atom. The van der Waals surface area contributed by atoms with Gasteiger partial charge in [0.05, 0.1) is 11.5 Å². The van der Waals surface area contributed by atoms with Crippen molar-refractivity contribution in [1.82, 2.24) is 4.90 Å². The van der Waals surface area contributed by atoms with Crippen molar-refractivity contribution < 1.29 is 13.5 Å². The average Bonchev–Trinajstić information content (AvgIpc) is 3.01. The van der Waals surface area contributed by atoms with E-state index in [0.29, 0.717) is 24.0 Å². The second-order valence-corrected chi connectivity index (χ2v) is 9.16. The average molecular weight is 323 g/mol. The van der Waals surface area contributed by atoms with E-state index in [-0.39, 0.29) is 0 Å². The van der Waals surface area contributed by atoms with E-state index in [9.17, 15) is 13.5 Å². The zero-order valence-electron chi connectivity index (χ0n) is 13.2. The van der Waals surface area contributed by atoms with Crippen LogP contribution in [0.4, 0.5) is 0 Å². The molecule has 0 saturated carbocycles. The summed E-state index contributed by atoms with van der Waals surface area (Å²) in [6.07, 6.45) is 2.47. The van der Waals surface area contributed by atoms with Crippen molar-refractivity contribution in [3.8, 4) is 0 Å². The lowest BCUT2D eigenvalue weighted by atomic mass is 9.89. The van der Waals surface area contributed by atoms with E-state index < -0.39 is 15.4 Å². The minimum absolute atomic E-state index is 0.303. The summed E-state index contributed by atoms with van der Waals surface area (Å²) in [5.41, 5.74) is 1.40. The molecule has 2 fully saturated rings. The Labute approximate surface area is 133 Å². The van der Waals surface area contributed by atoms with Gasteiger partial charge in [-0.2, -0.15) is 0 Å². The summed E-state index contributed by atoms with van der Waals surface area (Å²) in [7, 11) is -2.78. The van der Waals surface area contributed by atoms with E-state index >= 15 is 0 Å². The van der Waals surface area contributed by atoms with Crippen LogP contribution in [-0.4, -0.2) is 49.6 Å². The Morgan fingerprint density at radius 3 is 2.82 bits per heavy atom. The molecule has 0 aromatic heterocycles. The number of sulfone groups is 1. The highest BCUT2D eigenvalue weighted by Crippen LogP contribution is 2.34. The van der Waals surface area contributed by atoms with Crippen LogP contribution in [0.15, 0.2) is 24.3 Å². The van der Waals surface area contributed by atoms with E-state index in [0.717, 1.165) is 43.5 Å². The zero-order valence-corrected chi connectivity index (χ0v) is 14.0. The van der Waals surface area contributed by atoms with Crippen LogP contribution < -0.4 is 0 Å². The highest BCUT2D eigenvalue weighted by atomic mass is 32.2. The summed E-state index contributed by atoms with van der Waals surface area (Å²) >= 11 is 0. The first-order valence-electron chi connectivity index (χ1n) is 8.09. The predicted molar refractivity (Wildman–Crippen MR) is 87.5 cm³/mol. The molecule has 1 N–H and O–H groups in total. The molecule has 2 aliphatic rings. The molecule has 1 aromatic rings. The minimum atomic E-state index is -2.78. The predicted octanol–water partition coefficient (Wildman–Crippen LogP) is 1.71. The van der Waals surface area contributed by atoms with Crippen molar-refractivity contribution in [3.05, 3.63) is 35.4 Å². The van der Waals surface area contributed by atoms with Crippen molar-refractivity contribution >= 4 is 9.84 Å². The number of aliphatic hydroxyl groups is 1. The summed E-state index contributed by atoms with van der Waals surface area (Å²) in [5, 5.41) is 11.0. The van der Waals surface area contributed by atoms with Gasteiger partial charge in [0.1, 0.15) is 5.60 Å². The standard InChI is InChI=1S/C17H25NO3S/c1-14-4-2-3-5-16(14)17(19)8-10-18(13-17)9-6-15-7-11-22(20,21)12-15/h2-5,15,19H,6-13H2,1H3/t15-,17+/m0/s1. The van der Waals surface area contributed by atoms with E-state index in [4.69, 9.17) is 0 Å². The van der Waals surface area contributed by atoms with Crippen molar-refractivity contribution in [2.75, 3.05) is 31.1 Å². The molecule has 5 heteroatoms. The van der Waals surface area contributed by atoms with Gasteiger partial charge in [0.15, 0.2) is 9.84 Å². The molecule has 22 heavy (non-hydrogen) atoms. The van der Waals surface area contributed by atoms with Crippen molar-refractivity contribution in [1.29, 1.82) is 0 Å². The lowest BCUT2D eigenvalue weighted by molar-refractivity contribution is 0.0450. The Morgan fingerprint density at radius 1 is 1.36 bits per heavy atom. The number of benzene rings is 1. The Kier molecular flexibility index (Phi) is 4.32. The largest absolute Gasteiger partial charge is 0.384 e. The van der Waals surface area contributed by atoms with Gasteiger partial charge in [-0.25, -0.2) is 8.42 Å². The van der Waals surface area contributed by atoms with Crippen LogP contribution >= 0.6 is 0 Å². The number of hydrogen-bond donors (Lipinski definition) is 1. The molecule has 2 heterocycles. The quantitative estimate of drug-likeness (QED) is 0.916. The van der Waals surface area contributed by atoms with Gasteiger partial charge in [-0.3, -0.25) is 4.90 Å². The second kappa shape index (κ2) is 5.95. The van der Waals surface area contributed by atoms with Gasteiger partial charge in [0, 0.05) is 13.1 Å². The molecule has 3 rings (SSSR count). The fraction of sp³-hybridized carbons (Fsp3) is 0.647. The molecule has 122 valence electrons. The molecule has 0 radical (unpaired) electrons. The topological polar surface area (TPSA) is 57.6 Å². The lowest BCUT2D eigenvalue weighted by Gasteiger charge is -2.26. The summed E-state index contributed by atoms with van der Waals surface area (Å²) in [6, 6.07) is 8.03. The first-order chi connectivity index (χ1) is 10.4. The summed E-state index contributed by atoms with van der Waals surface area (Å²) in [5.74, 6) is 1.01. The van der Waals surface area contributed by atoms with Crippen LogP contribution in [0.25, 0.3) is 0 Å². The monoisotopic (exact) mass is 323 g/mol. The SMILES string of the molecule is Cc1ccccc1[C@@]1(O)CCN(CC[C@H]2CCS(=O)(=O)C2)C1. The van der Waals surface area contributed by atoms with Crippen molar-refractivity contribution in [2.45, 2.75) is 31.8 Å². The smallest absolute Gasteiger partial charge is 0.150 e. The van der Waals surface area contributed by atoms with Crippen LogP contribution in [0.1, 0.15) is 30.4 Å². The van der Waals surface area contributed by atoms with Gasteiger partial charge in [-0.05, 0) is 49.8 Å². The van der Waals surface area contributed by atoms with Crippen molar-refractivity contribution in [3.63, 3.8) is 0 Å². The maximum absolute atomic E-state index is 11.5. The van der Waals surface area contributed by atoms with Crippen LogP contribution in [0, 0.1) is 12.8 Å². The summed E-state index contributed by atoms with van der Waals surface area (Å²) in [4.78, 5) is 2.28. The highest BCUT2D eigenvalue weighted by molar-refractivity contribution is 7.91. The molecule has 0 amide bonds. The van der Waals surface area contributed by atoms with Gasteiger partial charge in [-0.15, -0.1) is 0 Å². The maximum Gasteiger partial charge on any atom is 0.150 e. The van der Waals surface area contributed by atoms with E-state index in [1.165, 1.54) is 0 Å². The molecule has 1 aromatic carbocycles. The van der Waals surface area contributed by atoms with Gasteiger partial charge in [0.2, 0.25) is 0 Å². The third-order valence-electron chi connectivity index (χ3n) is 5.15. The first kappa shape index (κ1) is 16.0.